The Morgan fingerprint density at radius 3 is 2.59 bits per heavy atom. The molecule has 0 saturated heterocycles. The van der Waals surface area contributed by atoms with Crippen molar-refractivity contribution >= 4 is 5.71 Å². The summed E-state index contributed by atoms with van der Waals surface area (Å²) in [5.41, 5.74) is 3.15. The zero-order valence-corrected chi connectivity index (χ0v) is 10.3. The first kappa shape index (κ1) is 11.8. The Morgan fingerprint density at radius 1 is 1.18 bits per heavy atom. The molecule has 0 saturated carbocycles. The third-order valence-electron chi connectivity index (χ3n) is 3.17. The van der Waals surface area contributed by atoms with Crippen LogP contribution in [0.5, 0.6) is 0 Å². The van der Waals surface area contributed by atoms with Crippen LogP contribution in [0.25, 0.3) is 0 Å². The molecule has 2 rings (SSSR count). The van der Waals surface area contributed by atoms with E-state index in [1.54, 1.807) is 0 Å². The molecule has 1 heteroatoms. The van der Waals surface area contributed by atoms with E-state index in [4.69, 9.17) is 5.41 Å². The van der Waals surface area contributed by atoms with Gasteiger partial charge in [0, 0.05) is 11.6 Å². The minimum atomic E-state index is 0.355. The van der Waals surface area contributed by atoms with E-state index in [1.807, 2.05) is 6.07 Å². The second-order valence-electron chi connectivity index (χ2n) is 4.46. The van der Waals surface area contributed by atoms with Gasteiger partial charge in [0.15, 0.2) is 0 Å². The number of hydrogen-bond donors (Lipinski definition) is 1. The maximum Gasteiger partial charge on any atom is 0.0389 e. The van der Waals surface area contributed by atoms with E-state index >= 15 is 0 Å². The highest BCUT2D eigenvalue weighted by molar-refractivity contribution is 5.99. The van der Waals surface area contributed by atoms with Crippen molar-refractivity contribution in [3.8, 4) is 0 Å². The molecule has 1 aromatic rings. The summed E-state index contributed by atoms with van der Waals surface area (Å²) in [6, 6.07) is 8.31. The van der Waals surface area contributed by atoms with E-state index in [-0.39, 0.29) is 0 Å². The maximum absolute atomic E-state index is 8.19. The summed E-state index contributed by atoms with van der Waals surface area (Å²) in [7, 11) is 0. The van der Waals surface area contributed by atoms with Crippen LogP contribution in [0.3, 0.4) is 0 Å². The van der Waals surface area contributed by atoms with Crippen molar-refractivity contribution < 1.29 is 0 Å². The average Bonchev–Trinajstić information content (AvgIpc) is 2.89. The molecule has 0 unspecified atom stereocenters. The smallest absolute Gasteiger partial charge is 0.0389 e. The van der Waals surface area contributed by atoms with Crippen LogP contribution in [0.15, 0.2) is 48.6 Å². The first-order chi connectivity index (χ1) is 8.33. The predicted octanol–water partition coefficient (Wildman–Crippen LogP) is 4.45. The highest BCUT2D eigenvalue weighted by atomic mass is 14.4. The molecule has 1 N–H and O–H groups in total. The molecule has 88 valence electrons. The van der Waals surface area contributed by atoms with Crippen LogP contribution in [0.1, 0.15) is 43.2 Å². The summed E-state index contributed by atoms with van der Waals surface area (Å²) in [6.07, 6.45) is 11.7. The Bertz CT molecular complexity index is 442. The quantitative estimate of drug-likeness (QED) is 0.716. The maximum atomic E-state index is 8.19. The van der Waals surface area contributed by atoms with Crippen molar-refractivity contribution in [3.05, 3.63) is 59.7 Å². The summed E-state index contributed by atoms with van der Waals surface area (Å²) in [6.45, 7) is 2.17. The lowest BCUT2D eigenvalue weighted by atomic mass is 9.91. The van der Waals surface area contributed by atoms with E-state index in [0.717, 1.165) is 30.5 Å². The van der Waals surface area contributed by atoms with Crippen molar-refractivity contribution in [1.82, 2.24) is 0 Å². The van der Waals surface area contributed by atoms with Crippen molar-refractivity contribution in [3.63, 3.8) is 0 Å². The average molecular weight is 225 g/mol. The lowest BCUT2D eigenvalue weighted by molar-refractivity contribution is 0.832. The number of nitrogens with one attached hydrogen (secondary N) is 1. The summed E-state index contributed by atoms with van der Waals surface area (Å²) >= 11 is 0. The molecule has 0 radical (unpaired) electrons. The topological polar surface area (TPSA) is 23.9 Å². The van der Waals surface area contributed by atoms with Crippen molar-refractivity contribution in [1.29, 1.82) is 5.41 Å². The highest BCUT2D eigenvalue weighted by Gasteiger charge is 2.13. The fourth-order valence-electron chi connectivity index (χ4n) is 2.19. The number of rotatable bonds is 5. The van der Waals surface area contributed by atoms with Crippen LogP contribution >= 0.6 is 0 Å². The van der Waals surface area contributed by atoms with E-state index < -0.39 is 0 Å². The zero-order chi connectivity index (χ0) is 12.1. The molecule has 0 atom stereocenters. The van der Waals surface area contributed by atoms with Gasteiger partial charge < -0.3 is 5.41 Å². The molecule has 1 nitrogen and oxygen atoms in total. The second kappa shape index (κ2) is 5.62. The molecule has 0 fully saturated rings. The Labute approximate surface area is 103 Å². The van der Waals surface area contributed by atoms with Crippen molar-refractivity contribution in [2.75, 3.05) is 0 Å². The molecular formula is C16H19N. The normalized spacial score (nSPS) is 14.4. The Balaban J connectivity index is 2.24. The van der Waals surface area contributed by atoms with Gasteiger partial charge in [-0.2, -0.15) is 0 Å². The molecule has 1 aliphatic rings. The van der Waals surface area contributed by atoms with Crippen molar-refractivity contribution in [2.45, 2.75) is 32.1 Å². The van der Waals surface area contributed by atoms with Gasteiger partial charge in [-0.25, -0.2) is 0 Å². The molecule has 1 aromatic carbocycles. The SMILES string of the molecule is CCCCC(=N)c1ccccc1C1C=CC=C1. The number of hydrogen-bond acceptors (Lipinski definition) is 1. The van der Waals surface area contributed by atoms with E-state index in [1.165, 1.54) is 5.56 Å². The number of allylic oxidation sites excluding steroid dienone is 4. The van der Waals surface area contributed by atoms with Crippen molar-refractivity contribution in [2.24, 2.45) is 0 Å². The minimum absolute atomic E-state index is 0.355. The van der Waals surface area contributed by atoms with Gasteiger partial charge in [0.1, 0.15) is 0 Å². The highest BCUT2D eigenvalue weighted by Crippen LogP contribution is 2.27. The lowest BCUT2D eigenvalue weighted by Gasteiger charge is -2.13. The summed E-state index contributed by atoms with van der Waals surface area (Å²) < 4.78 is 0. The van der Waals surface area contributed by atoms with E-state index in [9.17, 15) is 0 Å². The first-order valence-corrected chi connectivity index (χ1v) is 6.34. The van der Waals surface area contributed by atoms with Gasteiger partial charge in [-0.3, -0.25) is 0 Å². The van der Waals surface area contributed by atoms with Gasteiger partial charge in [-0.05, 0) is 24.0 Å². The fourth-order valence-corrected chi connectivity index (χ4v) is 2.19. The molecule has 0 aromatic heterocycles. The van der Waals surface area contributed by atoms with Gasteiger partial charge >= 0.3 is 0 Å². The summed E-state index contributed by atoms with van der Waals surface area (Å²) in [5, 5.41) is 8.19. The van der Waals surface area contributed by atoms with Gasteiger partial charge in [-0.15, -0.1) is 0 Å². The van der Waals surface area contributed by atoms with Crippen LogP contribution in [-0.4, -0.2) is 5.71 Å². The van der Waals surface area contributed by atoms with Crippen LogP contribution in [0, 0.1) is 5.41 Å². The van der Waals surface area contributed by atoms with Gasteiger partial charge in [0.05, 0.1) is 0 Å². The molecule has 0 spiro atoms. The molecule has 17 heavy (non-hydrogen) atoms. The fraction of sp³-hybridized carbons (Fsp3) is 0.312. The van der Waals surface area contributed by atoms with E-state index in [2.05, 4.69) is 49.4 Å². The van der Waals surface area contributed by atoms with Crippen LogP contribution in [0.4, 0.5) is 0 Å². The Kier molecular flexibility index (Phi) is 3.92. The molecule has 1 aliphatic carbocycles. The molecule has 0 aliphatic heterocycles. The summed E-state index contributed by atoms with van der Waals surface area (Å²) in [4.78, 5) is 0. The van der Waals surface area contributed by atoms with Gasteiger partial charge in [-0.1, -0.05) is 61.9 Å². The Morgan fingerprint density at radius 2 is 1.88 bits per heavy atom. The third-order valence-corrected chi connectivity index (χ3v) is 3.17. The summed E-state index contributed by atoms with van der Waals surface area (Å²) in [5.74, 6) is 0.355. The van der Waals surface area contributed by atoms with E-state index in [0.29, 0.717) is 5.92 Å². The third kappa shape index (κ3) is 2.73. The number of benzene rings is 1. The standard InChI is InChI=1S/C16H19N/c1-2-3-12-16(17)15-11-7-6-10-14(15)13-8-4-5-9-13/h4-11,13,17H,2-3,12H2,1H3. The minimum Gasteiger partial charge on any atom is -0.305 e. The van der Waals surface area contributed by atoms with Gasteiger partial charge in [0.2, 0.25) is 0 Å². The largest absolute Gasteiger partial charge is 0.305 e. The lowest BCUT2D eigenvalue weighted by Crippen LogP contribution is -2.05. The monoisotopic (exact) mass is 225 g/mol. The zero-order valence-electron chi connectivity index (χ0n) is 10.3. The molecule has 0 bridgehead atoms. The predicted molar refractivity (Wildman–Crippen MR) is 73.8 cm³/mol. The molecular weight excluding hydrogens is 206 g/mol. The van der Waals surface area contributed by atoms with Gasteiger partial charge in [0.25, 0.3) is 0 Å². The number of unbranched alkanes of at least 4 members (excludes halogenated alkanes) is 1. The molecule has 0 amide bonds. The first-order valence-electron chi connectivity index (χ1n) is 6.34. The molecule has 0 heterocycles. The Hall–Kier alpha value is -1.63. The van der Waals surface area contributed by atoms with Crippen LogP contribution in [-0.2, 0) is 0 Å². The second-order valence-corrected chi connectivity index (χ2v) is 4.46. The van der Waals surface area contributed by atoms with Crippen LogP contribution in [0.2, 0.25) is 0 Å². The van der Waals surface area contributed by atoms with Crippen LogP contribution < -0.4 is 0 Å².